The van der Waals surface area contributed by atoms with Crippen LogP contribution in [0.4, 0.5) is 32.0 Å². The van der Waals surface area contributed by atoms with Crippen LogP contribution < -0.4 is 4.90 Å². The Labute approximate surface area is 160 Å². The Bertz CT molecular complexity index is 965. The summed E-state index contributed by atoms with van der Waals surface area (Å²) in [6.45, 7) is 3.23. The van der Waals surface area contributed by atoms with Crippen molar-refractivity contribution < 1.29 is 35.9 Å². The number of anilines is 1. The molecule has 0 radical (unpaired) electrons. The third-order valence-corrected chi connectivity index (χ3v) is 3.93. The zero-order valence-electron chi connectivity index (χ0n) is 14.2. The fourth-order valence-corrected chi connectivity index (χ4v) is 2.95. The topological polar surface area (TPSA) is 37.4 Å². The standard InChI is InChI=1S/C18H12ClF6NO2/c1-9(19)8-26(2)14-11-6-4-3-5-10(11)12(15(27)17(20,21)22)7-13(14)16(28)18(23,24)25/h3-7H,1,8H2,2H3. The molecule has 0 fully saturated rings. The Balaban J connectivity index is 2.95. The van der Waals surface area contributed by atoms with Gasteiger partial charge in [-0.15, -0.1) is 0 Å². The molecule has 28 heavy (non-hydrogen) atoms. The summed E-state index contributed by atoms with van der Waals surface area (Å²) in [5, 5.41) is -0.358. The fourth-order valence-electron chi connectivity index (χ4n) is 2.77. The number of ketones is 2. The Hall–Kier alpha value is -2.55. The minimum atomic E-state index is -5.37. The minimum Gasteiger partial charge on any atom is -0.368 e. The summed E-state index contributed by atoms with van der Waals surface area (Å²) >= 11 is 5.69. The maximum atomic E-state index is 13.1. The summed E-state index contributed by atoms with van der Waals surface area (Å²) in [4.78, 5) is 24.9. The van der Waals surface area contributed by atoms with E-state index in [-0.39, 0.29) is 28.0 Å². The number of carbonyl (C=O) groups is 2. The lowest BCUT2D eigenvalue weighted by molar-refractivity contribution is -0.0886. The first-order chi connectivity index (χ1) is 12.7. The van der Waals surface area contributed by atoms with Crippen molar-refractivity contribution >= 4 is 39.6 Å². The largest absolute Gasteiger partial charge is 0.454 e. The number of benzene rings is 2. The van der Waals surface area contributed by atoms with Crippen molar-refractivity contribution in [3.8, 4) is 0 Å². The van der Waals surface area contributed by atoms with E-state index >= 15 is 0 Å². The number of Topliss-reactive ketones (excluding diaryl/α,β-unsaturated/α-hetero) is 2. The van der Waals surface area contributed by atoms with Gasteiger partial charge < -0.3 is 4.90 Å². The molecule has 0 aliphatic carbocycles. The second-order valence-corrected chi connectivity index (χ2v) is 6.43. The molecule has 0 saturated heterocycles. The van der Waals surface area contributed by atoms with Crippen LogP contribution >= 0.6 is 11.6 Å². The van der Waals surface area contributed by atoms with E-state index in [1.165, 1.54) is 25.2 Å². The van der Waals surface area contributed by atoms with Crippen LogP contribution in [-0.4, -0.2) is 37.5 Å². The van der Waals surface area contributed by atoms with Crippen molar-refractivity contribution in [3.63, 3.8) is 0 Å². The zero-order valence-corrected chi connectivity index (χ0v) is 15.0. The van der Waals surface area contributed by atoms with Crippen molar-refractivity contribution in [2.75, 3.05) is 18.5 Å². The normalized spacial score (nSPS) is 12.1. The van der Waals surface area contributed by atoms with Gasteiger partial charge in [0.1, 0.15) is 0 Å². The Morgan fingerprint density at radius 1 is 0.964 bits per heavy atom. The van der Waals surface area contributed by atoms with Crippen LogP contribution in [0.2, 0.25) is 0 Å². The second kappa shape index (κ2) is 7.46. The van der Waals surface area contributed by atoms with Gasteiger partial charge in [0.15, 0.2) is 0 Å². The number of carbonyl (C=O) groups excluding carboxylic acids is 2. The molecule has 3 nitrogen and oxygen atoms in total. The van der Waals surface area contributed by atoms with E-state index in [1.807, 2.05) is 0 Å². The first kappa shape index (κ1) is 21.7. The Morgan fingerprint density at radius 2 is 1.43 bits per heavy atom. The Kier molecular flexibility index (Phi) is 5.79. The highest BCUT2D eigenvalue weighted by atomic mass is 35.5. The van der Waals surface area contributed by atoms with Gasteiger partial charge in [0, 0.05) is 23.0 Å². The van der Waals surface area contributed by atoms with Gasteiger partial charge in [-0.2, -0.15) is 26.3 Å². The number of rotatable bonds is 5. The highest BCUT2D eigenvalue weighted by Crippen LogP contribution is 2.38. The SMILES string of the molecule is C=C(Cl)CN(C)c1c(C(=O)C(F)(F)F)cc(C(=O)C(F)(F)F)c2ccccc12. The molecule has 0 heterocycles. The van der Waals surface area contributed by atoms with Crippen molar-refractivity contribution in [3.05, 3.63) is 53.1 Å². The van der Waals surface area contributed by atoms with Gasteiger partial charge in [-0.25, -0.2) is 0 Å². The van der Waals surface area contributed by atoms with Gasteiger partial charge in [-0.1, -0.05) is 42.4 Å². The lowest BCUT2D eigenvalue weighted by Crippen LogP contribution is -2.29. The molecule has 0 spiro atoms. The maximum Gasteiger partial charge on any atom is 0.454 e. The van der Waals surface area contributed by atoms with Gasteiger partial charge in [0.05, 0.1) is 17.8 Å². The lowest BCUT2D eigenvalue weighted by atomic mass is 9.93. The van der Waals surface area contributed by atoms with Crippen LogP contribution in [0.1, 0.15) is 20.7 Å². The molecule has 0 aliphatic rings. The number of likely N-dealkylation sites (N-methyl/N-ethyl adjacent to an activating group) is 1. The van der Waals surface area contributed by atoms with E-state index < -0.39 is 35.0 Å². The number of alkyl halides is 6. The summed E-state index contributed by atoms with van der Waals surface area (Å²) in [5.41, 5.74) is -2.43. The number of nitrogens with zero attached hydrogens (tertiary/aromatic N) is 1. The lowest BCUT2D eigenvalue weighted by Gasteiger charge is -2.25. The van der Waals surface area contributed by atoms with E-state index in [1.54, 1.807) is 0 Å². The van der Waals surface area contributed by atoms with E-state index in [2.05, 4.69) is 6.58 Å². The van der Waals surface area contributed by atoms with Crippen LogP contribution in [0.15, 0.2) is 41.9 Å². The molecule has 10 heteroatoms. The molecule has 2 aromatic rings. The van der Waals surface area contributed by atoms with Gasteiger partial charge in [-0.3, -0.25) is 9.59 Å². The molecule has 0 amide bonds. The second-order valence-electron chi connectivity index (χ2n) is 5.89. The molecular weight excluding hydrogens is 412 g/mol. The summed E-state index contributed by atoms with van der Waals surface area (Å²) in [6, 6.07) is 5.39. The van der Waals surface area contributed by atoms with Gasteiger partial charge in [-0.05, 0) is 11.5 Å². The molecule has 0 unspecified atom stereocenters. The maximum absolute atomic E-state index is 13.1. The molecule has 2 aromatic carbocycles. The molecule has 0 aromatic heterocycles. The first-order valence-corrected chi connectivity index (χ1v) is 7.96. The average molecular weight is 424 g/mol. The predicted octanol–water partition coefficient (Wildman–Crippen LogP) is 5.52. The molecule has 0 aliphatic heterocycles. The van der Waals surface area contributed by atoms with Crippen molar-refractivity contribution in [1.82, 2.24) is 0 Å². The smallest absolute Gasteiger partial charge is 0.368 e. The average Bonchev–Trinajstić information content (AvgIpc) is 2.56. The van der Waals surface area contributed by atoms with Crippen molar-refractivity contribution in [2.24, 2.45) is 0 Å². The quantitative estimate of drug-likeness (QED) is 0.469. The summed E-state index contributed by atoms with van der Waals surface area (Å²) in [7, 11) is 1.30. The van der Waals surface area contributed by atoms with E-state index in [0.717, 1.165) is 11.0 Å². The summed E-state index contributed by atoms with van der Waals surface area (Å²) < 4.78 is 78.2. The number of hydrogen-bond donors (Lipinski definition) is 0. The summed E-state index contributed by atoms with van der Waals surface area (Å²) in [6.07, 6.45) is -10.7. The molecular formula is C18H12ClF6NO2. The molecule has 0 saturated carbocycles. The molecule has 0 atom stereocenters. The van der Waals surface area contributed by atoms with Crippen LogP contribution in [0.5, 0.6) is 0 Å². The van der Waals surface area contributed by atoms with Crippen LogP contribution in [-0.2, 0) is 0 Å². The monoisotopic (exact) mass is 423 g/mol. The molecule has 0 bridgehead atoms. The van der Waals surface area contributed by atoms with Crippen LogP contribution in [0.3, 0.4) is 0 Å². The van der Waals surface area contributed by atoms with Crippen LogP contribution in [0, 0.1) is 0 Å². The zero-order chi connectivity index (χ0) is 21.4. The molecule has 0 N–H and O–H groups in total. The number of hydrogen-bond acceptors (Lipinski definition) is 3. The van der Waals surface area contributed by atoms with Crippen molar-refractivity contribution in [1.29, 1.82) is 0 Å². The van der Waals surface area contributed by atoms with Gasteiger partial charge >= 0.3 is 12.4 Å². The summed E-state index contributed by atoms with van der Waals surface area (Å²) in [5.74, 6) is -4.73. The predicted molar refractivity (Wildman–Crippen MR) is 93.0 cm³/mol. The van der Waals surface area contributed by atoms with Gasteiger partial charge in [0.25, 0.3) is 11.6 Å². The van der Waals surface area contributed by atoms with E-state index in [4.69, 9.17) is 11.6 Å². The third-order valence-electron chi connectivity index (χ3n) is 3.81. The highest BCUT2D eigenvalue weighted by Gasteiger charge is 2.44. The minimum absolute atomic E-state index is 0.0208. The van der Waals surface area contributed by atoms with E-state index in [9.17, 15) is 35.9 Å². The fraction of sp³-hybridized carbons (Fsp3) is 0.222. The Morgan fingerprint density at radius 3 is 1.89 bits per heavy atom. The molecule has 2 rings (SSSR count). The third kappa shape index (κ3) is 4.30. The van der Waals surface area contributed by atoms with Crippen molar-refractivity contribution in [2.45, 2.75) is 12.4 Å². The van der Waals surface area contributed by atoms with Crippen LogP contribution in [0.25, 0.3) is 10.8 Å². The first-order valence-electron chi connectivity index (χ1n) is 7.58. The number of halogens is 7. The highest BCUT2D eigenvalue weighted by molar-refractivity contribution is 6.29. The van der Waals surface area contributed by atoms with Gasteiger partial charge in [0.2, 0.25) is 0 Å². The molecule has 150 valence electrons. The van der Waals surface area contributed by atoms with E-state index in [0.29, 0.717) is 6.07 Å². The number of fused-ring (bicyclic) bond motifs is 1.